The van der Waals surface area contributed by atoms with E-state index in [1.165, 1.54) is 0 Å². The van der Waals surface area contributed by atoms with Crippen LogP contribution in [0.1, 0.15) is 31.0 Å². The second-order valence-corrected chi connectivity index (χ2v) is 6.00. The average molecular weight is 350 g/mol. The van der Waals surface area contributed by atoms with Crippen molar-refractivity contribution in [2.75, 3.05) is 0 Å². The van der Waals surface area contributed by atoms with E-state index < -0.39 is 11.5 Å². The highest BCUT2D eigenvalue weighted by Gasteiger charge is 2.40. The molecule has 128 valence electrons. The Morgan fingerprint density at radius 3 is 2.46 bits per heavy atom. The lowest BCUT2D eigenvalue weighted by atomic mass is 9.87. The minimum Gasteiger partial charge on any atom is -0.479 e. The number of hydrogen-bond acceptors (Lipinski definition) is 3. The van der Waals surface area contributed by atoms with Gasteiger partial charge in [-0.2, -0.15) is 5.10 Å². The highest BCUT2D eigenvalue weighted by molar-refractivity contribution is 6.30. The van der Waals surface area contributed by atoms with E-state index in [2.05, 4.69) is 10.4 Å². The van der Waals surface area contributed by atoms with Gasteiger partial charge in [-0.1, -0.05) is 30.7 Å². The van der Waals surface area contributed by atoms with Gasteiger partial charge in [0.25, 0.3) is 0 Å². The van der Waals surface area contributed by atoms with Crippen molar-refractivity contribution in [3.8, 4) is 0 Å². The molecule has 2 aromatic rings. The van der Waals surface area contributed by atoms with E-state index in [-0.39, 0.29) is 18.7 Å². The van der Waals surface area contributed by atoms with Crippen LogP contribution in [0.5, 0.6) is 0 Å². The summed E-state index contributed by atoms with van der Waals surface area (Å²) in [6, 6.07) is 8.32. The summed E-state index contributed by atoms with van der Waals surface area (Å²) in [6.45, 7) is 1.73. The van der Waals surface area contributed by atoms with Gasteiger partial charge in [0.05, 0.1) is 0 Å². The number of carbonyl (C=O) groups is 2. The third kappa shape index (κ3) is 3.76. The van der Waals surface area contributed by atoms with Crippen molar-refractivity contribution >= 4 is 23.5 Å². The van der Waals surface area contributed by atoms with Crippen molar-refractivity contribution in [2.45, 2.75) is 31.7 Å². The van der Waals surface area contributed by atoms with E-state index >= 15 is 0 Å². The van der Waals surface area contributed by atoms with Gasteiger partial charge in [0.1, 0.15) is 0 Å². The van der Waals surface area contributed by atoms with Crippen LogP contribution in [-0.4, -0.2) is 26.8 Å². The van der Waals surface area contributed by atoms with Crippen LogP contribution in [0.25, 0.3) is 0 Å². The summed E-state index contributed by atoms with van der Waals surface area (Å²) in [5, 5.41) is 17.0. The maximum absolute atomic E-state index is 12.3. The first-order valence-corrected chi connectivity index (χ1v) is 8.04. The maximum Gasteiger partial charge on any atom is 0.334 e. The molecule has 24 heavy (non-hydrogen) atoms. The first-order chi connectivity index (χ1) is 11.4. The molecule has 0 spiro atoms. The number of carbonyl (C=O) groups excluding carboxylic acids is 1. The average Bonchev–Trinajstić information content (AvgIpc) is 2.96. The van der Waals surface area contributed by atoms with E-state index in [9.17, 15) is 14.7 Å². The molecule has 2 N–H and O–H groups in total. The minimum absolute atomic E-state index is 0.183. The van der Waals surface area contributed by atoms with Crippen molar-refractivity contribution < 1.29 is 14.7 Å². The van der Waals surface area contributed by atoms with Gasteiger partial charge >= 0.3 is 5.97 Å². The number of rotatable bonds is 7. The summed E-state index contributed by atoms with van der Waals surface area (Å²) in [7, 11) is 1.80. The van der Waals surface area contributed by atoms with E-state index in [4.69, 9.17) is 11.6 Å². The number of amides is 1. The summed E-state index contributed by atoms with van der Waals surface area (Å²) in [4.78, 5) is 24.2. The van der Waals surface area contributed by atoms with Gasteiger partial charge in [0, 0.05) is 30.4 Å². The molecule has 1 aromatic heterocycles. The summed E-state index contributed by atoms with van der Waals surface area (Å²) in [6.07, 6.45) is 2.56. The lowest BCUT2D eigenvalue weighted by Gasteiger charge is -2.30. The van der Waals surface area contributed by atoms with Crippen molar-refractivity contribution in [2.24, 2.45) is 7.05 Å². The Morgan fingerprint density at radius 1 is 1.29 bits per heavy atom. The minimum atomic E-state index is -1.46. The zero-order valence-electron chi connectivity index (χ0n) is 13.6. The molecule has 1 atom stereocenters. The van der Waals surface area contributed by atoms with E-state index in [0.717, 1.165) is 5.69 Å². The fraction of sp³-hybridized carbons (Fsp3) is 0.353. The molecule has 0 radical (unpaired) electrons. The predicted octanol–water partition coefficient (Wildman–Crippen LogP) is 2.51. The van der Waals surface area contributed by atoms with Crippen LogP contribution in [-0.2, 0) is 28.6 Å². The van der Waals surface area contributed by atoms with Crippen molar-refractivity contribution in [3.63, 3.8) is 0 Å². The van der Waals surface area contributed by atoms with Crippen molar-refractivity contribution in [1.29, 1.82) is 0 Å². The number of aliphatic carboxylic acids is 1. The Morgan fingerprint density at radius 2 is 1.96 bits per heavy atom. The normalized spacial score (nSPS) is 13.3. The van der Waals surface area contributed by atoms with Gasteiger partial charge < -0.3 is 10.4 Å². The summed E-state index contributed by atoms with van der Waals surface area (Å²) in [5.41, 5.74) is -0.0569. The largest absolute Gasteiger partial charge is 0.479 e. The maximum atomic E-state index is 12.3. The number of carboxylic acids is 1. The second-order valence-electron chi connectivity index (χ2n) is 5.57. The van der Waals surface area contributed by atoms with E-state index in [1.807, 2.05) is 6.07 Å². The molecule has 7 heteroatoms. The van der Waals surface area contributed by atoms with Crippen LogP contribution in [0.3, 0.4) is 0 Å². The molecular formula is C17H20ClN3O3. The number of nitrogens with one attached hydrogen (secondary N) is 1. The van der Waals surface area contributed by atoms with Crippen LogP contribution in [0, 0.1) is 0 Å². The van der Waals surface area contributed by atoms with Crippen LogP contribution < -0.4 is 5.32 Å². The molecule has 1 heterocycles. The lowest BCUT2D eigenvalue weighted by Crippen LogP contribution is -2.51. The number of aryl methyl sites for hydroxylation is 2. The molecule has 1 amide bonds. The molecule has 2 rings (SSSR count). The number of aromatic nitrogens is 2. The van der Waals surface area contributed by atoms with Gasteiger partial charge in [-0.05, 0) is 36.6 Å². The molecule has 0 bridgehead atoms. The monoisotopic (exact) mass is 349 g/mol. The molecule has 0 aliphatic carbocycles. The summed E-state index contributed by atoms with van der Waals surface area (Å²) < 4.78 is 1.69. The Kier molecular flexibility index (Phi) is 5.62. The molecule has 1 aromatic carbocycles. The molecule has 0 fully saturated rings. The molecule has 0 aliphatic rings. The highest BCUT2D eigenvalue weighted by Crippen LogP contribution is 2.27. The number of hydrogen-bond donors (Lipinski definition) is 2. The number of benzene rings is 1. The molecule has 0 aliphatic heterocycles. The van der Waals surface area contributed by atoms with Gasteiger partial charge in [0.2, 0.25) is 5.91 Å². The van der Waals surface area contributed by atoms with Crippen LogP contribution in [0.4, 0.5) is 0 Å². The second kappa shape index (κ2) is 7.49. The van der Waals surface area contributed by atoms with Crippen LogP contribution >= 0.6 is 11.6 Å². The summed E-state index contributed by atoms with van der Waals surface area (Å²) in [5.74, 6) is -1.42. The predicted molar refractivity (Wildman–Crippen MR) is 90.7 cm³/mol. The van der Waals surface area contributed by atoms with Crippen LogP contribution in [0.15, 0.2) is 36.5 Å². The molecular weight excluding hydrogens is 330 g/mol. The zero-order valence-corrected chi connectivity index (χ0v) is 14.4. The molecule has 0 saturated heterocycles. The zero-order chi connectivity index (χ0) is 17.7. The summed E-state index contributed by atoms with van der Waals surface area (Å²) >= 11 is 5.87. The van der Waals surface area contributed by atoms with Gasteiger partial charge in [-0.25, -0.2) is 4.79 Å². The third-order valence-corrected chi connectivity index (χ3v) is 4.37. The molecule has 6 nitrogen and oxygen atoms in total. The standard InChI is InChI=1S/C17H20ClN3O3/c1-3-17(16(23)24,12-4-6-13(18)7-5-12)20-15(22)9-8-14-10-11-19-21(14)2/h4-7,10-11H,3,8-9H2,1-2H3,(H,20,22)(H,23,24). The Balaban J connectivity index is 2.16. The van der Waals surface area contributed by atoms with E-state index in [1.54, 1.807) is 49.1 Å². The van der Waals surface area contributed by atoms with Gasteiger partial charge in [0.15, 0.2) is 5.54 Å². The first-order valence-electron chi connectivity index (χ1n) is 7.66. The fourth-order valence-electron chi connectivity index (χ4n) is 2.62. The molecule has 0 saturated carbocycles. The Bertz CT molecular complexity index is 727. The smallest absolute Gasteiger partial charge is 0.334 e. The SMILES string of the molecule is CCC(NC(=O)CCc1ccnn1C)(C(=O)O)c1ccc(Cl)cc1. The number of carboxylic acid groups (broad SMARTS) is 1. The quantitative estimate of drug-likeness (QED) is 0.804. The van der Waals surface area contributed by atoms with Crippen molar-refractivity contribution in [3.05, 3.63) is 52.8 Å². The van der Waals surface area contributed by atoms with Crippen molar-refractivity contribution in [1.82, 2.24) is 15.1 Å². The highest BCUT2D eigenvalue weighted by atomic mass is 35.5. The third-order valence-electron chi connectivity index (χ3n) is 4.12. The Hall–Kier alpha value is -2.34. The number of nitrogens with zero attached hydrogens (tertiary/aromatic N) is 2. The van der Waals surface area contributed by atoms with Crippen LogP contribution in [0.2, 0.25) is 5.02 Å². The molecule has 1 unspecified atom stereocenters. The fourth-order valence-corrected chi connectivity index (χ4v) is 2.74. The van der Waals surface area contributed by atoms with Gasteiger partial charge in [-0.3, -0.25) is 9.48 Å². The van der Waals surface area contributed by atoms with Gasteiger partial charge in [-0.15, -0.1) is 0 Å². The van der Waals surface area contributed by atoms with E-state index in [0.29, 0.717) is 17.0 Å². The lowest BCUT2D eigenvalue weighted by molar-refractivity contribution is -0.148. The topological polar surface area (TPSA) is 84.2 Å². The Labute approximate surface area is 145 Å². The number of halogens is 1. The first kappa shape index (κ1) is 18.0.